The van der Waals surface area contributed by atoms with E-state index in [1.165, 1.54) is 13.2 Å². The summed E-state index contributed by atoms with van der Waals surface area (Å²) in [6, 6.07) is 4.96. The van der Waals surface area contributed by atoms with Crippen molar-refractivity contribution < 1.29 is 13.9 Å². The van der Waals surface area contributed by atoms with Crippen molar-refractivity contribution in [1.29, 1.82) is 0 Å². The Labute approximate surface area is 102 Å². The smallest absolute Gasteiger partial charge is 0.165 e. The van der Waals surface area contributed by atoms with E-state index < -0.39 is 0 Å². The van der Waals surface area contributed by atoms with Crippen molar-refractivity contribution in [3.05, 3.63) is 29.6 Å². The van der Waals surface area contributed by atoms with Gasteiger partial charge in [0.05, 0.1) is 13.7 Å². The first-order chi connectivity index (χ1) is 7.98. The van der Waals surface area contributed by atoms with Gasteiger partial charge >= 0.3 is 0 Å². The Hall–Kier alpha value is -1.13. The fraction of sp³-hybridized carbons (Fsp3) is 0.538. The van der Waals surface area contributed by atoms with Crippen LogP contribution in [0, 0.1) is 5.82 Å². The van der Waals surface area contributed by atoms with Crippen LogP contribution in [-0.2, 0) is 11.3 Å². The largest absolute Gasteiger partial charge is 0.494 e. The molecule has 0 saturated heterocycles. The molecule has 0 amide bonds. The van der Waals surface area contributed by atoms with E-state index in [1.807, 2.05) is 19.9 Å². The zero-order valence-electron chi connectivity index (χ0n) is 10.8. The lowest BCUT2D eigenvalue weighted by Gasteiger charge is -2.25. The minimum absolute atomic E-state index is 0.134. The molecular weight excluding hydrogens is 221 g/mol. The van der Waals surface area contributed by atoms with Gasteiger partial charge in [0.25, 0.3) is 0 Å². The summed E-state index contributed by atoms with van der Waals surface area (Å²) in [7, 11) is 3.12. The van der Waals surface area contributed by atoms with Gasteiger partial charge in [-0.25, -0.2) is 4.39 Å². The Morgan fingerprint density at radius 1 is 1.29 bits per heavy atom. The van der Waals surface area contributed by atoms with E-state index in [0.717, 1.165) is 5.56 Å². The molecule has 0 radical (unpaired) electrons. The third kappa shape index (κ3) is 4.32. The van der Waals surface area contributed by atoms with Gasteiger partial charge < -0.3 is 14.8 Å². The fourth-order valence-electron chi connectivity index (χ4n) is 1.57. The first kappa shape index (κ1) is 13.9. The summed E-state index contributed by atoms with van der Waals surface area (Å²) in [5, 5.41) is 3.31. The van der Waals surface area contributed by atoms with Gasteiger partial charge in [-0.3, -0.25) is 0 Å². The van der Waals surface area contributed by atoms with E-state index in [9.17, 15) is 4.39 Å². The van der Waals surface area contributed by atoms with Crippen LogP contribution in [0.25, 0.3) is 0 Å². The summed E-state index contributed by atoms with van der Waals surface area (Å²) in [5.41, 5.74) is 0.748. The third-order valence-corrected chi connectivity index (χ3v) is 2.49. The van der Waals surface area contributed by atoms with Gasteiger partial charge in [0.2, 0.25) is 0 Å². The Morgan fingerprint density at radius 3 is 2.53 bits per heavy atom. The molecule has 0 bridgehead atoms. The Kier molecular flexibility index (Phi) is 4.90. The lowest BCUT2D eigenvalue weighted by molar-refractivity contribution is 0.127. The molecule has 0 aromatic heterocycles. The van der Waals surface area contributed by atoms with Crippen LogP contribution in [0.1, 0.15) is 19.4 Å². The first-order valence-corrected chi connectivity index (χ1v) is 5.55. The van der Waals surface area contributed by atoms with Gasteiger partial charge in [-0.1, -0.05) is 6.07 Å². The Morgan fingerprint density at radius 2 is 2.00 bits per heavy atom. The van der Waals surface area contributed by atoms with Crippen LogP contribution in [0.15, 0.2) is 18.2 Å². The van der Waals surface area contributed by atoms with E-state index >= 15 is 0 Å². The standard InChI is InChI=1S/C13H20FNO2/c1-13(2,9-16-3)15-8-10-5-6-12(17-4)11(14)7-10/h5-7,15H,8-9H2,1-4H3. The average Bonchev–Trinajstić information content (AvgIpc) is 2.27. The minimum Gasteiger partial charge on any atom is -0.494 e. The normalized spacial score (nSPS) is 11.6. The number of hydrogen-bond acceptors (Lipinski definition) is 3. The van der Waals surface area contributed by atoms with Gasteiger partial charge in [-0.05, 0) is 31.5 Å². The van der Waals surface area contributed by atoms with Crippen molar-refractivity contribution in [3.63, 3.8) is 0 Å². The summed E-state index contributed by atoms with van der Waals surface area (Å²) < 4.78 is 23.4. The predicted molar refractivity (Wildman–Crippen MR) is 65.7 cm³/mol. The van der Waals surface area contributed by atoms with Crippen molar-refractivity contribution in [1.82, 2.24) is 5.32 Å². The summed E-state index contributed by atoms with van der Waals surface area (Å²) in [6.45, 7) is 5.27. The van der Waals surface area contributed by atoms with Crippen LogP contribution in [0.4, 0.5) is 4.39 Å². The first-order valence-electron chi connectivity index (χ1n) is 5.55. The van der Waals surface area contributed by atoms with Crippen LogP contribution < -0.4 is 10.1 Å². The summed E-state index contributed by atoms with van der Waals surface area (Å²) in [4.78, 5) is 0. The maximum atomic E-state index is 13.4. The molecule has 0 fully saturated rings. The van der Waals surface area contributed by atoms with Gasteiger partial charge in [0.15, 0.2) is 11.6 Å². The molecule has 0 unspecified atom stereocenters. The van der Waals surface area contributed by atoms with Crippen molar-refractivity contribution in [3.8, 4) is 5.75 Å². The number of nitrogens with one attached hydrogen (secondary N) is 1. The van der Waals surface area contributed by atoms with E-state index in [4.69, 9.17) is 9.47 Å². The monoisotopic (exact) mass is 241 g/mol. The van der Waals surface area contributed by atoms with Gasteiger partial charge in [-0.2, -0.15) is 0 Å². The van der Waals surface area contributed by atoms with E-state index in [1.54, 1.807) is 13.2 Å². The molecule has 0 heterocycles. The second-order valence-corrected chi connectivity index (χ2v) is 4.64. The minimum atomic E-state index is -0.337. The number of methoxy groups -OCH3 is 2. The SMILES string of the molecule is COCC(C)(C)NCc1ccc(OC)c(F)c1. The topological polar surface area (TPSA) is 30.5 Å². The molecular formula is C13H20FNO2. The highest BCUT2D eigenvalue weighted by Gasteiger charge is 2.16. The molecule has 1 aromatic rings. The molecule has 0 atom stereocenters. The van der Waals surface area contributed by atoms with Crippen molar-refractivity contribution in [2.24, 2.45) is 0 Å². The molecule has 3 nitrogen and oxygen atoms in total. The predicted octanol–water partition coefficient (Wildman–Crippen LogP) is 2.35. The molecule has 0 saturated carbocycles. The zero-order chi connectivity index (χ0) is 12.9. The molecule has 4 heteroatoms. The lowest BCUT2D eigenvalue weighted by Crippen LogP contribution is -2.42. The highest BCUT2D eigenvalue weighted by atomic mass is 19.1. The molecule has 0 aliphatic carbocycles. The van der Waals surface area contributed by atoms with E-state index in [-0.39, 0.29) is 17.1 Å². The van der Waals surface area contributed by atoms with E-state index in [2.05, 4.69) is 5.32 Å². The second-order valence-electron chi connectivity index (χ2n) is 4.64. The molecule has 1 aromatic carbocycles. The van der Waals surface area contributed by atoms with Crippen molar-refractivity contribution in [2.75, 3.05) is 20.8 Å². The highest BCUT2D eigenvalue weighted by molar-refractivity contribution is 5.29. The maximum absolute atomic E-state index is 13.4. The van der Waals surface area contributed by atoms with Crippen LogP contribution in [-0.4, -0.2) is 26.4 Å². The number of hydrogen-bond donors (Lipinski definition) is 1. The number of halogens is 1. The van der Waals surface area contributed by atoms with Crippen LogP contribution in [0.3, 0.4) is 0 Å². The molecule has 0 spiro atoms. The number of rotatable bonds is 6. The molecule has 17 heavy (non-hydrogen) atoms. The number of ether oxygens (including phenoxy) is 2. The average molecular weight is 241 g/mol. The second kappa shape index (κ2) is 5.98. The maximum Gasteiger partial charge on any atom is 0.165 e. The highest BCUT2D eigenvalue weighted by Crippen LogP contribution is 2.18. The van der Waals surface area contributed by atoms with E-state index in [0.29, 0.717) is 13.2 Å². The lowest BCUT2D eigenvalue weighted by atomic mass is 10.1. The van der Waals surface area contributed by atoms with Crippen LogP contribution in [0.2, 0.25) is 0 Å². The number of benzene rings is 1. The van der Waals surface area contributed by atoms with Gasteiger partial charge in [0.1, 0.15) is 0 Å². The molecule has 96 valence electrons. The third-order valence-electron chi connectivity index (χ3n) is 2.49. The molecule has 0 aliphatic rings. The summed E-state index contributed by atoms with van der Waals surface area (Å²) in [5.74, 6) is -0.0683. The van der Waals surface area contributed by atoms with Crippen LogP contribution >= 0.6 is 0 Å². The molecule has 1 N–H and O–H groups in total. The quantitative estimate of drug-likeness (QED) is 0.829. The fourth-order valence-corrected chi connectivity index (χ4v) is 1.57. The molecule has 0 aliphatic heterocycles. The molecule has 1 rings (SSSR count). The zero-order valence-corrected chi connectivity index (χ0v) is 10.8. The van der Waals surface area contributed by atoms with Gasteiger partial charge in [0, 0.05) is 19.2 Å². The van der Waals surface area contributed by atoms with Gasteiger partial charge in [-0.15, -0.1) is 0 Å². The van der Waals surface area contributed by atoms with Crippen molar-refractivity contribution in [2.45, 2.75) is 25.9 Å². The summed E-state index contributed by atoms with van der Waals surface area (Å²) >= 11 is 0. The Balaban J connectivity index is 2.61. The Bertz CT molecular complexity index is 366. The van der Waals surface area contributed by atoms with Crippen molar-refractivity contribution >= 4 is 0 Å². The summed E-state index contributed by atoms with van der Waals surface area (Å²) in [6.07, 6.45) is 0. The van der Waals surface area contributed by atoms with Crippen LogP contribution in [0.5, 0.6) is 5.75 Å².